The van der Waals surface area contributed by atoms with Gasteiger partial charge in [-0.25, -0.2) is 0 Å². The Balaban J connectivity index is 1.88. The quantitative estimate of drug-likeness (QED) is 0.635. The van der Waals surface area contributed by atoms with Crippen LogP contribution in [0.4, 0.5) is 5.88 Å². The van der Waals surface area contributed by atoms with E-state index in [9.17, 15) is 20.0 Å². The number of amides is 1. The van der Waals surface area contributed by atoms with Gasteiger partial charge in [-0.3, -0.25) is 14.9 Å². The van der Waals surface area contributed by atoms with Crippen molar-refractivity contribution in [3.63, 3.8) is 0 Å². The number of aliphatic hydroxyl groups is 1. The number of nitro groups is 1. The van der Waals surface area contributed by atoms with E-state index in [0.717, 1.165) is 31.7 Å². The van der Waals surface area contributed by atoms with Crippen molar-refractivity contribution in [3.05, 3.63) is 28.0 Å². The van der Waals surface area contributed by atoms with Gasteiger partial charge in [0.05, 0.1) is 12.2 Å². The van der Waals surface area contributed by atoms with E-state index in [2.05, 4.69) is 5.32 Å². The molecule has 1 saturated carbocycles. The van der Waals surface area contributed by atoms with Gasteiger partial charge in [-0.2, -0.15) is 0 Å². The molecule has 0 bridgehead atoms. The molecule has 1 amide bonds. The van der Waals surface area contributed by atoms with E-state index >= 15 is 0 Å². The lowest BCUT2D eigenvalue weighted by molar-refractivity contribution is -0.402. The lowest BCUT2D eigenvalue weighted by atomic mass is 9.86. The highest BCUT2D eigenvalue weighted by Crippen LogP contribution is 2.23. The minimum absolute atomic E-state index is 0.0441. The first-order valence-corrected chi connectivity index (χ1v) is 6.28. The molecule has 0 aliphatic heterocycles. The Morgan fingerprint density at radius 1 is 1.47 bits per heavy atom. The van der Waals surface area contributed by atoms with Crippen LogP contribution in [0.25, 0.3) is 0 Å². The highest BCUT2D eigenvalue weighted by molar-refractivity contribution is 5.91. The Bertz CT molecular complexity index is 470. The zero-order chi connectivity index (χ0) is 13.8. The molecule has 0 saturated heterocycles. The third-order valence-electron chi connectivity index (χ3n) is 3.39. The third-order valence-corrected chi connectivity index (χ3v) is 3.39. The van der Waals surface area contributed by atoms with E-state index in [4.69, 9.17) is 4.42 Å². The molecule has 0 aromatic carbocycles. The first kappa shape index (κ1) is 13.5. The van der Waals surface area contributed by atoms with Crippen molar-refractivity contribution < 1.29 is 19.2 Å². The van der Waals surface area contributed by atoms with E-state index in [1.165, 1.54) is 6.07 Å². The molecule has 1 heterocycles. The molecule has 2 atom stereocenters. The molecule has 7 nitrogen and oxygen atoms in total. The van der Waals surface area contributed by atoms with Crippen LogP contribution in [0.3, 0.4) is 0 Å². The van der Waals surface area contributed by atoms with Crippen molar-refractivity contribution in [2.24, 2.45) is 5.92 Å². The van der Waals surface area contributed by atoms with Crippen LogP contribution in [0.15, 0.2) is 16.5 Å². The molecular weight excluding hydrogens is 252 g/mol. The highest BCUT2D eigenvalue weighted by Gasteiger charge is 2.24. The van der Waals surface area contributed by atoms with Crippen molar-refractivity contribution in [2.75, 3.05) is 6.54 Å². The Kier molecular flexibility index (Phi) is 4.16. The molecule has 2 unspecified atom stereocenters. The Morgan fingerprint density at radius 2 is 2.21 bits per heavy atom. The lowest BCUT2D eigenvalue weighted by Gasteiger charge is -2.27. The van der Waals surface area contributed by atoms with Gasteiger partial charge in [0.25, 0.3) is 5.91 Å². The summed E-state index contributed by atoms with van der Waals surface area (Å²) in [5.41, 5.74) is 0. The van der Waals surface area contributed by atoms with Crippen LogP contribution in [0.5, 0.6) is 0 Å². The molecule has 0 spiro atoms. The molecule has 1 aromatic rings. The summed E-state index contributed by atoms with van der Waals surface area (Å²) in [6.45, 7) is 0.356. The van der Waals surface area contributed by atoms with Crippen LogP contribution in [-0.4, -0.2) is 28.6 Å². The molecule has 2 N–H and O–H groups in total. The number of nitrogens with one attached hydrogen (secondary N) is 1. The summed E-state index contributed by atoms with van der Waals surface area (Å²) in [5, 5.41) is 22.8. The Morgan fingerprint density at radius 3 is 2.84 bits per heavy atom. The maximum atomic E-state index is 11.7. The van der Waals surface area contributed by atoms with E-state index < -0.39 is 16.7 Å². The Labute approximate surface area is 109 Å². The van der Waals surface area contributed by atoms with Gasteiger partial charge in [-0.15, -0.1) is 0 Å². The predicted octanol–water partition coefficient (Wildman–Crippen LogP) is 1.47. The highest BCUT2D eigenvalue weighted by atomic mass is 16.6. The second-order valence-corrected chi connectivity index (χ2v) is 4.72. The van der Waals surface area contributed by atoms with Gasteiger partial charge < -0.3 is 14.8 Å². The van der Waals surface area contributed by atoms with Crippen LogP contribution in [0.1, 0.15) is 36.2 Å². The summed E-state index contributed by atoms with van der Waals surface area (Å²) in [4.78, 5) is 21.5. The predicted molar refractivity (Wildman–Crippen MR) is 65.7 cm³/mol. The van der Waals surface area contributed by atoms with Gasteiger partial charge in [0, 0.05) is 12.5 Å². The Hall–Kier alpha value is -1.89. The zero-order valence-electron chi connectivity index (χ0n) is 10.4. The topological polar surface area (TPSA) is 106 Å². The van der Waals surface area contributed by atoms with Crippen molar-refractivity contribution in [1.29, 1.82) is 0 Å². The molecule has 1 aromatic heterocycles. The number of hydrogen-bond donors (Lipinski definition) is 2. The first-order chi connectivity index (χ1) is 9.08. The second kappa shape index (κ2) is 5.83. The molecule has 1 aliphatic rings. The van der Waals surface area contributed by atoms with E-state index in [1.54, 1.807) is 0 Å². The minimum Gasteiger partial charge on any atom is -0.395 e. The van der Waals surface area contributed by atoms with Crippen molar-refractivity contribution in [1.82, 2.24) is 5.32 Å². The van der Waals surface area contributed by atoms with Crippen LogP contribution in [0.2, 0.25) is 0 Å². The SMILES string of the molecule is O=C(NCC1CCCCC1O)c1ccc([N+](=O)[O-])o1. The number of furan rings is 1. The zero-order valence-corrected chi connectivity index (χ0v) is 10.4. The van der Waals surface area contributed by atoms with E-state index in [1.807, 2.05) is 0 Å². The van der Waals surface area contributed by atoms with Crippen LogP contribution >= 0.6 is 0 Å². The van der Waals surface area contributed by atoms with Crippen LogP contribution in [-0.2, 0) is 0 Å². The molecule has 7 heteroatoms. The average Bonchev–Trinajstić information content (AvgIpc) is 2.87. The number of carbonyl (C=O) groups is 1. The van der Waals surface area contributed by atoms with Crippen molar-refractivity contribution >= 4 is 11.8 Å². The fourth-order valence-corrected chi connectivity index (χ4v) is 2.28. The van der Waals surface area contributed by atoms with Crippen LogP contribution in [0, 0.1) is 16.0 Å². The summed E-state index contributed by atoms with van der Waals surface area (Å²) >= 11 is 0. The fourth-order valence-electron chi connectivity index (χ4n) is 2.28. The number of carbonyl (C=O) groups excluding carboxylic acids is 1. The average molecular weight is 268 g/mol. The smallest absolute Gasteiger partial charge is 0.395 e. The molecule has 1 fully saturated rings. The molecule has 19 heavy (non-hydrogen) atoms. The summed E-state index contributed by atoms with van der Waals surface area (Å²) in [6, 6.07) is 2.41. The molecule has 0 radical (unpaired) electrons. The summed E-state index contributed by atoms with van der Waals surface area (Å²) in [7, 11) is 0. The number of nitrogens with zero attached hydrogens (tertiary/aromatic N) is 1. The largest absolute Gasteiger partial charge is 0.433 e. The monoisotopic (exact) mass is 268 g/mol. The van der Waals surface area contributed by atoms with Crippen molar-refractivity contribution in [2.45, 2.75) is 31.8 Å². The maximum Gasteiger partial charge on any atom is 0.433 e. The summed E-state index contributed by atoms with van der Waals surface area (Å²) in [5.74, 6) is -0.992. The maximum absolute atomic E-state index is 11.7. The van der Waals surface area contributed by atoms with E-state index in [-0.39, 0.29) is 17.8 Å². The van der Waals surface area contributed by atoms with Gasteiger partial charge >= 0.3 is 5.88 Å². The molecule has 1 aliphatic carbocycles. The van der Waals surface area contributed by atoms with E-state index in [0.29, 0.717) is 6.54 Å². The summed E-state index contributed by atoms with van der Waals surface area (Å²) < 4.78 is 4.80. The standard InChI is InChI=1S/C12H16N2O5/c15-9-4-2-1-3-8(9)7-13-12(16)10-5-6-11(19-10)14(17)18/h5-6,8-9,15H,1-4,7H2,(H,13,16). The normalized spacial score (nSPS) is 23.0. The number of hydrogen-bond acceptors (Lipinski definition) is 5. The van der Waals surface area contributed by atoms with Gasteiger partial charge in [-0.1, -0.05) is 12.8 Å². The second-order valence-electron chi connectivity index (χ2n) is 4.72. The summed E-state index contributed by atoms with van der Waals surface area (Å²) in [6.07, 6.45) is 3.30. The fraction of sp³-hybridized carbons (Fsp3) is 0.583. The molecule has 104 valence electrons. The lowest BCUT2D eigenvalue weighted by Crippen LogP contribution is -2.36. The van der Waals surface area contributed by atoms with Gasteiger partial charge in [0.1, 0.15) is 4.92 Å². The van der Waals surface area contributed by atoms with Gasteiger partial charge in [0.15, 0.2) is 5.76 Å². The molecule has 2 rings (SSSR count). The van der Waals surface area contributed by atoms with Gasteiger partial charge in [0.2, 0.25) is 0 Å². The first-order valence-electron chi connectivity index (χ1n) is 6.28. The third kappa shape index (κ3) is 3.31. The number of rotatable bonds is 4. The van der Waals surface area contributed by atoms with Crippen molar-refractivity contribution in [3.8, 4) is 0 Å². The number of aliphatic hydroxyl groups excluding tert-OH is 1. The van der Waals surface area contributed by atoms with Crippen LogP contribution < -0.4 is 5.32 Å². The minimum atomic E-state index is -0.693. The van der Waals surface area contributed by atoms with Gasteiger partial charge in [-0.05, 0) is 18.9 Å². The molecular formula is C12H16N2O5.